The van der Waals surface area contributed by atoms with Crippen LogP contribution in [0.15, 0.2) is 0 Å². The van der Waals surface area contributed by atoms with E-state index in [0.717, 1.165) is 0 Å². The quantitative estimate of drug-likeness (QED) is 0.544. The molecule has 1 aliphatic rings. The Morgan fingerprint density at radius 3 is 1.82 bits per heavy atom. The van der Waals surface area contributed by atoms with Crippen LogP contribution in [0.3, 0.4) is 0 Å². The molecule has 1 saturated heterocycles. The molecule has 0 aromatic rings. The van der Waals surface area contributed by atoms with E-state index in [1.165, 1.54) is 0 Å². The molecule has 0 aliphatic carbocycles. The van der Waals surface area contributed by atoms with E-state index in [0.29, 0.717) is 0 Å². The van der Waals surface area contributed by atoms with Crippen molar-refractivity contribution in [2.24, 2.45) is 17.4 Å². The lowest BCUT2D eigenvalue weighted by Crippen LogP contribution is -2.50. The number of rotatable bonds is 1. The lowest BCUT2D eigenvalue weighted by molar-refractivity contribution is -0.388. The van der Waals surface area contributed by atoms with Crippen LogP contribution in [0.2, 0.25) is 0 Å². The van der Waals surface area contributed by atoms with Gasteiger partial charge in [-0.2, -0.15) is 0 Å². The lowest BCUT2D eigenvalue weighted by Gasteiger charge is -2.33. The Kier molecular flexibility index (Phi) is 2.80. The van der Waals surface area contributed by atoms with Gasteiger partial charge in [0.2, 0.25) is 12.8 Å². The van der Waals surface area contributed by atoms with Crippen LogP contribution in [0.1, 0.15) is 13.8 Å². The van der Waals surface area contributed by atoms with Gasteiger partial charge in [0.05, 0.1) is 0 Å². The smallest absolute Gasteiger partial charge is 0.219 e. The summed E-state index contributed by atoms with van der Waals surface area (Å²) in [5.74, 6) is 0.219. The minimum absolute atomic E-state index is 0.219. The average Bonchev–Trinajstić information content (AvgIpc) is 1.85. The summed E-state index contributed by atoms with van der Waals surface area (Å²) in [6, 6.07) is 0. The van der Waals surface area contributed by atoms with Crippen LogP contribution in [0.5, 0.6) is 0 Å². The molecule has 1 fully saturated rings. The fourth-order valence-electron chi connectivity index (χ4n) is 0.807. The molecule has 0 aromatic heterocycles. The first-order chi connectivity index (χ1) is 5.09. The minimum atomic E-state index is -0.772. The molecule has 66 valence electrons. The van der Waals surface area contributed by atoms with Crippen molar-refractivity contribution >= 4 is 0 Å². The molecule has 4 N–H and O–H groups in total. The Morgan fingerprint density at radius 1 is 1.00 bits per heavy atom. The first-order valence-corrected chi connectivity index (χ1v) is 3.57. The maximum atomic E-state index is 5.35. The SMILES string of the molecule is CC(C)C1OC(N)OC(N)O1. The highest BCUT2D eigenvalue weighted by Crippen LogP contribution is 2.16. The molecule has 0 spiro atoms. The minimum Gasteiger partial charge on any atom is -0.310 e. The van der Waals surface area contributed by atoms with Crippen molar-refractivity contribution in [1.82, 2.24) is 0 Å². The monoisotopic (exact) mass is 162 g/mol. The van der Waals surface area contributed by atoms with E-state index in [1.807, 2.05) is 13.8 Å². The molecular formula is C6H14N2O3. The van der Waals surface area contributed by atoms with Crippen molar-refractivity contribution < 1.29 is 14.2 Å². The maximum Gasteiger partial charge on any atom is 0.219 e. The van der Waals surface area contributed by atoms with Gasteiger partial charge in [-0.3, -0.25) is 16.2 Å². The van der Waals surface area contributed by atoms with E-state index in [4.69, 9.17) is 25.7 Å². The normalized spacial score (nSPS) is 39.5. The number of ether oxygens (including phenoxy) is 3. The lowest BCUT2D eigenvalue weighted by atomic mass is 10.2. The Balaban J connectivity index is 2.43. The van der Waals surface area contributed by atoms with E-state index < -0.39 is 12.8 Å². The van der Waals surface area contributed by atoms with Crippen LogP contribution in [0.4, 0.5) is 0 Å². The second kappa shape index (κ2) is 3.46. The van der Waals surface area contributed by atoms with Crippen LogP contribution >= 0.6 is 0 Å². The topological polar surface area (TPSA) is 79.7 Å². The molecule has 1 rings (SSSR count). The molecule has 2 atom stereocenters. The van der Waals surface area contributed by atoms with Gasteiger partial charge in [-0.25, -0.2) is 0 Å². The van der Waals surface area contributed by atoms with Gasteiger partial charge in [0.1, 0.15) is 0 Å². The van der Waals surface area contributed by atoms with Gasteiger partial charge >= 0.3 is 0 Å². The van der Waals surface area contributed by atoms with Crippen LogP contribution in [0.25, 0.3) is 0 Å². The second-order valence-electron chi connectivity index (χ2n) is 2.76. The summed E-state index contributed by atoms with van der Waals surface area (Å²) in [7, 11) is 0. The Hall–Kier alpha value is -0.200. The van der Waals surface area contributed by atoms with Crippen molar-refractivity contribution in [2.45, 2.75) is 33.0 Å². The van der Waals surface area contributed by atoms with Gasteiger partial charge in [-0.05, 0) is 0 Å². The first kappa shape index (κ1) is 8.89. The molecule has 5 heteroatoms. The van der Waals surface area contributed by atoms with E-state index >= 15 is 0 Å². The predicted molar refractivity (Wildman–Crippen MR) is 37.8 cm³/mol. The van der Waals surface area contributed by atoms with Gasteiger partial charge in [0.15, 0.2) is 6.29 Å². The summed E-state index contributed by atoms with van der Waals surface area (Å²) in [6.45, 7) is 3.91. The molecule has 0 aromatic carbocycles. The summed E-state index contributed by atoms with van der Waals surface area (Å²) >= 11 is 0. The average molecular weight is 162 g/mol. The summed E-state index contributed by atoms with van der Waals surface area (Å²) < 4.78 is 14.9. The molecule has 2 unspecified atom stereocenters. The third-order valence-electron chi connectivity index (χ3n) is 1.35. The summed E-state index contributed by atoms with van der Waals surface area (Å²) in [5, 5.41) is 0. The molecule has 1 aliphatic heterocycles. The largest absolute Gasteiger partial charge is 0.310 e. The highest BCUT2D eigenvalue weighted by molar-refractivity contribution is 4.54. The van der Waals surface area contributed by atoms with Gasteiger partial charge in [0, 0.05) is 5.92 Å². The standard InChI is InChI=1S/C6H14N2O3/c1-3(2)4-9-5(7)11-6(8)10-4/h3-6H,7-8H2,1-2H3. The van der Waals surface area contributed by atoms with Crippen molar-refractivity contribution in [3.05, 3.63) is 0 Å². The zero-order valence-electron chi connectivity index (χ0n) is 6.69. The van der Waals surface area contributed by atoms with Gasteiger partial charge in [-0.15, -0.1) is 0 Å². The van der Waals surface area contributed by atoms with E-state index in [9.17, 15) is 0 Å². The fourth-order valence-corrected chi connectivity index (χ4v) is 0.807. The third-order valence-corrected chi connectivity index (χ3v) is 1.35. The van der Waals surface area contributed by atoms with Crippen LogP contribution in [-0.4, -0.2) is 19.1 Å². The fraction of sp³-hybridized carbons (Fsp3) is 1.00. The summed E-state index contributed by atoms with van der Waals surface area (Å²) in [6.07, 6.45) is -1.91. The molecule has 1 heterocycles. The number of hydrogen-bond acceptors (Lipinski definition) is 5. The van der Waals surface area contributed by atoms with Gasteiger partial charge in [0.25, 0.3) is 0 Å². The first-order valence-electron chi connectivity index (χ1n) is 3.57. The van der Waals surface area contributed by atoms with E-state index in [1.54, 1.807) is 0 Å². The summed E-state index contributed by atoms with van der Waals surface area (Å²) in [4.78, 5) is 0. The van der Waals surface area contributed by atoms with Crippen molar-refractivity contribution in [1.29, 1.82) is 0 Å². The van der Waals surface area contributed by atoms with Crippen molar-refractivity contribution in [3.63, 3.8) is 0 Å². The van der Waals surface area contributed by atoms with Crippen LogP contribution < -0.4 is 11.5 Å². The molecule has 0 amide bonds. The molecule has 11 heavy (non-hydrogen) atoms. The van der Waals surface area contributed by atoms with E-state index in [2.05, 4.69) is 0 Å². The van der Waals surface area contributed by atoms with Crippen LogP contribution in [0, 0.1) is 5.92 Å². The number of hydrogen-bond donors (Lipinski definition) is 2. The highest BCUT2D eigenvalue weighted by atomic mass is 16.9. The third kappa shape index (κ3) is 2.39. The zero-order valence-corrected chi connectivity index (χ0v) is 6.69. The molecule has 0 bridgehead atoms. The molecular weight excluding hydrogens is 148 g/mol. The van der Waals surface area contributed by atoms with Gasteiger partial charge < -0.3 is 9.47 Å². The van der Waals surface area contributed by atoms with Crippen molar-refractivity contribution in [3.8, 4) is 0 Å². The Labute approximate surface area is 65.6 Å². The van der Waals surface area contributed by atoms with Gasteiger partial charge in [-0.1, -0.05) is 13.8 Å². The predicted octanol–water partition coefficient (Wildman–Crippen LogP) is -0.483. The highest BCUT2D eigenvalue weighted by Gasteiger charge is 2.28. The second-order valence-corrected chi connectivity index (χ2v) is 2.76. The van der Waals surface area contributed by atoms with Crippen LogP contribution in [-0.2, 0) is 14.2 Å². The Bertz CT molecular complexity index is 121. The Morgan fingerprint density at radius 2 is 1.45 bits per heavy atom. The molecule has 0 saturated carbocycles. The number of nitrogens with two attached hydrogens (primary N) is 2. The molecule has 0 radical (unpaired) electrons. The summed E-state index contributed by atoms with van der Waals surface area (Å²) in [5.41, 5.74) is 10.7. The van der Waals surface area contributed by atoms with Crippen molar-refractivity contribution in [2.75, 3.05) is 0 Å². The molecule has 5 nitrogen and oxygen atoms in total. The van der Waals surface area contributed by atoms with E-state index in [-0.39, 0.29) is 12.2 Å². The maximum absolute atomic E-state index is 5.35. The zero-order chi connectivity index (χ0) is 8.43.